The van der Waals surface area contributed by atoms with Crippen molar-refractivity contribution in [3.63, 3.8) is 0 Å². The van der Waals surface area contributed by atoms with Gasteiger partial charge in [0.05, 0.1) is 42.1 Å². The first-order valence-electron chi connectivity index (χ1n) is 9.10. The van der Waals surface area contributed by atoms with E-state index in [2.05, 4.69) is 16.0 Å². The lowest BCUT2D eigenvalue weighted by molar-refractivity contribution is -0.113. The maximum absolute atomic E-state index is 13.3. The van der Waals surface area contributed by atoms with Crippen LogP contribution in [-0.4, -0.2) is 36.3 Å². The SMILES string of the molecule is COC(=O)c1ccccc1NC(=O)C1=C(C)NC(=S)NC1c1cc(Cl)c(O)c(OC)c1. The van der Waals surface area contributed by atoms with Crippen LogP contribution >= 0.6 is 23.8 Å². The van der Waals surface area contributed by atoms with Gasteiger partial charge in [0.1, 0.15) is 0 Å². The van der Waals surface area contributed by atoms with Crippen LogP contribution in [0.3, 0.4) is 0 Å². The number of carbonyl (C=O) groups excluding carboxylic acids is 2. The summed E-state index contributed by atoms with van der Waals surface area (Å²) in [6, 6.07) is 8.91. The number of hydrogen-bond acceptors (Lipinski definition) is 6. The van der Waals surface area contributed by atoms with Crippen LogP contribution in [0, 0.1) is 0 Å². The minimum absolute atomic E-state index is 0.0639. The number of para-hydroxylation sites is 1. The molecule has 1 unspecified atom stereocenters. The van der Waals surface area contributed by atoms with E-state index in [1.807, 2.05) is 0 Å². The molecule has 0 fully saturated rings. The van der Waals surface area contributed by atoms with Gasteiger partial charge in [0.25, 0.3) is 5.91 Å². The number of esters is 1. The first-order valence-corrected chi connectivity index (χ1v) is 9.88. The highest BCUT2D eigenvalue weighted by Crippen LogP contribution is 2.39. The van der Waals surface area contributed by atoms with Crippen LogP contribution in [0.15, 0.2) is 47.7 Å². The average molecular weight is 462 g/mol. The number of carbonyl (C=O) groups is 2. The number of ether oxygens (including phenoxy) is 2. The Kier molecular flexibility index (Phi) is 6.67. The molecule has 0 bridgehead atoms. The highest BCUT2D eigenvalue weighted by Gasteiger charge is 2.31. The normalized spacial score (nSPS) is 15.6. The zero-order valence-electron chi connectivity index (χ0n) is 16.9. The largest absolute Gasteiger partial charge is 0.503 e. The number of phenolic OH excluding ortho intramolecular Hbond substituents is 1. The third-order valence-electron chi connectivity index (χ3n) is 4.70. The number of allylic oxidation sites excluding steroid dienone is 1. The Morgan fingerprint density at radius 3 is 2.61 bits per heavy atom. The van der Waals surface area contributed by atoms with E-state index in [-0.39, 0.29) is 22.1 Å². The van der Waals surface area contributed by atoms with Gasteiger partial charge in [0.2, 0.25) is 0 Å². The van der Waals surface area contributed by atoms with Crippen molar-refractivity contribution in [1.82, 2.24) is 10.6 Å². The van der Waals surface area contributed by atoms with E-state index in [1.54, 1.807) is 37.3 Å². The Morgan fingerprint density at radius 1 is 1.23 bits per heavy atom. The van der Waals surface area contributed by atoms with Gasteiger partial charge in [0, 0.05) is 5.70 Å². The van der Waals surface area contributed by atoms with Crippen LogP contribution in [0.2, 0.25) is 5.02 Å². The van der Waals surface area contributed by atoms with Crippen molar-refractivity contribution < 1.29 is 24.2 Å². The number of methoxy groups -OCH3 is 2. The maximum Gasteiger partial charge on any atom is 0.339 e. The number of benzene rings is 2. The average Bonchev–Trinajstić information content (AvgIpc) is 2.74. The van der Waals surface area contributed by atoms with Gasteiger partial charge in [-0.25, -0.2) is 4.79 Å². The number of aromatic hydroxyl groups is 1. The maximum atomic E-state index is 13.3. The minimum atomic E-state index is -0.689. The minimum Gasteiger partial charge on any atom is -0.503 e. The number of phenols is 1. The number of hydrogen-bond donors (Lipinski definition) is 4. The molecule has 0 aliphatic carbocycles. The summed E-state index contributed by atoms with van der Waals surface area (Å²) >= 11 is 11.4. The molecule has 0 radical (unpaired) electrons. The summed E-state index contributed by atoms with van der Waals surface area (Å²) in [5.74, 6) is -1.09. The van der Waals surface area contributed by atoms with Gasteiger partial charge in [-0.05, 0) is 49.0 Å². The van der Waals surface area contributed by atoms with Gasteiger partial charge < -0.3 is 30.5 Å². The molecule has 0 spiro atoms. The lowest BCUT2D eigenvalue weighted by Crippen LogP contribution is -2.45. The van der Waals surface area contributed by atoms with Crippen molar-refractivity contribution in [2.75, 3.05) is 19.5 Å². The molecule has 162 valence electrons. The lowest BCUT2D eigenvalue weighted by Gasteiger charge is -2.31. The van der Waals surface area contributed by atoms with Crippen molar-refractivity contribution in [2.24, 2.45) is 0 Å². The fourth-order valence-corrected chi connectivity index (χ4v) is 3.72. The van der Waals surface area contributed by atoms with E-state index >= 15 is 0 Å². The number of rotatable bonds is 5. The second-order valence-corrected chi connectivity index (χ2v) is 7.43. The number of nitrogens with one attached hydrogen (secondary N) is 3. The summed E-state index contributed by atoms with van der Waals surface area (Å²) in [6.45, 7) is 1.71. The second-order valence-electron chi connectivity index (χ2n) is 6.62. The molecule has 31 heavy (non-hydrogen) atoms. The molecule has 1 atom stereocenters. The number of anilines is 1. The summed E-state index contributed by atoms with van der Waals surface area (Å²) < 4.78 is 9.96. The first kappa shape index (κ1) is 22.4. The van der Waals surface area contributed by atoms with Crippen molar-refractivity contribution in [2.45, 2.75) is 13.0 Å². The second kappa shape index (κ2) is 9.23. The quantitative estimate of drug-likeness (QED) is 0.397. The highest BCUT2D eigenvalue weighted by molar-refractivity contribution is 7.80. The van der Waals surface area contributed by atoms with Crippen molar-refractivity contribution in [3.8, 4) is 11.5 Å². The Bertz CT molecular complexity index is 1100. The molecular weight excluding hydrogens is 442 g/mol. The fraction of sp³-hybridized carbons (Fsp3) is 0.190. The molecule has 1 amide bonds. The zero-order chi connectivity index (χ0) is 22.7. The Balaban J connectivity index is 2.03. The molecule has 0 aromatic heterocycles. The topological polar surface area (TPSA) is 109 Å². The van der Waals surface area contributed by atoms with E-state index in [0.29, 0.717) is 27.6 Å². The van der Waals surface area contributed by atoms with E-state index in [1.165, 1.54) is 20.3 Å². The standard InChI is InChI=1S/C21H20ClN3O5S/c1-10-16(19(27)24-14-7-5-4-6-12(14)20(28)30-3)17(25-21(31)23-10)11-8-13(22)18(26)15(9-11)29-2/h4-9,17,26H,1-3H3,(H,24,27)(H2,23,25,31). The molecule has 0 saturated heterocycles. The molecule has 1 aliphatic rings. The van der Waals surface area contributed by atoms with E-state index in [9.17, 15) is 14.7 Å². The Morgan fingerprint density at radius 2 is 1.94 bits per heavy atom. The van der Waals surface area contributed by atoms with Crippen LogP contribution in [0.1, 0.15) is 28.9 Å². The molecule has 2 aromatic rings. The molecule has 2 aromatic carbocycles. The lowest BCUT2D eigenvalue weighted by atomic mass is 9.94. The van der Waals surface area contributed by atoms with E-state index in [4.69, 9.17) is 33.3 Å². The van der Waals surface area contributed by atoms with Crippen LogP contribution in [0.4, 0.5) is 5.69 Å². The van der Waals surface area contributed by atoms with Crippen LogP contribution in [-0.2, 0) is 9.53 Å². The highest BCUT2D eigenvalue weighted by atomic mass is 35.5. The van der Waals surface area contributed by atoms with Crippen molar-refractivity contribution in [1.29, 1.82) is 0 Å². The smallest absolute Gasteiger partial charge is 0.339 e. The Hall–Kier alpha value is -3.30. The van der Waals surface area contributed by atoms with Crippen molar-refractivity contribution in [3.05, 3.63) is 63.8 Å². The predicted molar refractivity (Wildman–Crippen MR) is 120 cm³/mol. The first-order chi connectivity index (χ1) is 14.8. The molecule has 3 rings (SSSR count). The van der Waals surface area contributed by atoms with Gasteiger partial charge in [-0.2, -0.15) is 0 Å². The van der Waals surface area contributed by atoms with Crippen molar-refractivity contribution >= 4 is 46.5 Å². The monoisotopic (exact) mass is 461 g/mol. The molecule has 0 saturated carbocycles. The fourth-order valence-electron chi connectivity index (χ4n) is 3.23. The zero-order valence-corrected chi connectivity index (χ0v) is 18.5. The van der Waals surface area contributed by atoms with Gasteiger partial charge in [-0.3, -0.25) is 4.79 Å². The molecule has 10 heteroatoms. The molecule has 1 aliphatic heterocycles. The van der Waals surface area contributed by atoms with Crippen LogP contribution in [0.25, 0.3) is 0 Å². The molecule has 4 N–H and O–H groups in total. The number of halogens is 1. The number of amides is 1. The number of thiocarbonyl (C=S) groups is 1. The molecular formula is C21H20ClN3O5S. The third-order valence-corrected chi connectivity index (χ3v) is 5.21. The van der Waals surface area contributed by atoms with Gasteiger partial charge >= 0.3 is 5.97 Å². The van der Waals surface area contributed by atoms with Gasteiger partial charge in [-0.1, -0.05) is 23.7 Å². The summed E-state index contributed by atoms with van der Waals surface area (Å²) in [4.78, 5) is 25.3. The summed E-state index contributed by atoms with van der Waals surface area (Å²) in [6.07, 6.45) is 0. The van der Waals surface area contributed by atoms with Crippen LogP contribution < -0.4 is 20.7 Å². The van der Waals surface area contributed by atoms with Gasteiger partial charge in [-0.15, -0.1) is 0 Å². The molecule has 8 nitrogen and oxygen atoms in total. The van der Waals surface area contributed by atoms with Crippen LogP contribution in [0.5, 0.6) is 11.5 Å². The van der Waals surface area contributed by atoms with E-state index in [0.717, 1.165) is 0 Å². The van der Waals surface area contributed by atoms with Gasteiger partial charge in [0.15, 0.2) is 16.6 Å². The van der Waals surface area contributed by atoms with E-state index < -0.39 is 17.9 Å². The third kappa shape index (κ3) is 4.57. The molecule has 1 heterocycles. The summed E-state index contributed by atoms with van der Waals surface area (Å²) in [7, 11) is 2.66. The summed E-state index contributed by atoms with van der Waals surface area (Å²) in [5, 5.41) is 19.2. The summed E-state index contributed by atoms with van der Waals surface area (Å²) in [5.41, 5.74) is 1.90. The Labute approximate surface area is 189 Å². The predicted octanol–water partition coefficient (Wildman–Crippen LogP) is 3.27.